The fourth-order valence-corrected chi connectivity index (χ4v) is 2.75. The zero-order valence-electron chi connectivity index (χ0n) is 13.6. The Bertz CT molecular complexity index is 565. The minimum atomic E-state index is 0.453. The largest absolute Gasteiger partial charge is 0.365 e. The van der Waals surface area contributed by atoms with Gasteiger partial charge in [0.2, 0.25) is 0 Å². The lowest BCUT2D eigenvalue weighted by Crippen LogP contribution is -2.30. The number of benzene rings is 2. The predicted molar refractivity (Wildman–Crippen MR) is 91.6 cm³/mol. The first-order chi connectivity index (χ1) is 9.99. The molecule has 2 N–H and O–H groups in total. The summed E-state index contributed by atoms with van der Waals surface area (Å²) in [5.41, 5.74) is 12.1. The Morgan fingerprint density at radius 1 is 0.905 bits per heavy atom. The Hall–Kier alpha value is -1.80. The third-order valence-electron chi connectivity index (χ3n) is 3.76. The van der Waals surface area contributed by atoms with Crippen molar-refractivity contribution in [3.05, 3.63) is 64.7 Å². The molecule has 0 aliphatic carbocycles. The summed E-state index contributed by atoms with van der Waals surface area (Å²) in [5, 5.41) is 0. The fourth-order valence-electron chi connectivity index (χ4n) is 2.75. The van der Waals surface area contributed by atoms with Gasteiger partial charge in [0.05, 0.1) is 0 Å². The number of nitrogens with zero attached hydrogens (tertiary/aromatic N) is 1. The second-order valence-corrected chi connectivity index (χ2v) is 6.09. The molecule has 0 saturated heterocycles. The van der Waals surface area contributed by atoms with Gasteiger partial charge >= 0.3 is 0 Å². The van der Waals surface area contributed by atoms with Gasteiger partial charge in [0, 0.05) is 24.8 Å². The molecular formula is C19H26N2. The van der Waals surface area contributed by atoms with E-state index in [0.29, 0.717) is 12.6 Å². The van der Waals surface area contributed by atoms with Crippen LogP contribution in [0.15, 0.2) is 42.5 Å². The number of hydrogen-bond acceptors (Lipinski definition) is 2. The molecule has 0 aromatic heterocycles. The highest BCUT2D eigenvalue weighted by molar-refractivity contribution is 5.49. The van der Waals surface area contributed by atoms with Crippen molar-refractivity contribution >= 4 is 5.69 Å². The van der Waals surface area contributed by atoms with Crippen molar-refractivity contribution in [2.45, 2.75) is 46.8 Å². The van der Waals surface area contributed by atoms with Gasteiger partial charge in [-0.3, -0.25) is 0 Å². The van der Waals surface area contributed by atoms with E-state index in [2.05, 4.69) is 75.1 Å². The van der Waals surface area contributed by atoms with Gasteiger partial charge < -0.3 is 10.6 Å². The van der Waals surface area contributed by atoms with E-state index in [1.807, 2.05) is 0 Å². The highest BCUT2D eigenvalue weighted by atomic mass is 15.1. The summed E-state index contributed by atoms with van der Waals surface area (Å²) in [5.74, 6) is 0. The summed E-state index contributed by atoms with van der Waals surface area (Å²) in [6.07, 6.45) is 0. The summed E-state index contributed by atoms with van der Waals surface area (Å²) in [6.45, 7) is 10.3. The Morgan fingerprint density at radius 3 is 1.95 bits per heavy atom. The van der Waals surface area contributed by atoms with Gasteiger partial charge in [-0.2, -0.15) is 0 Å². The molecule has 21 heavy (non-hydrogen) atoms. The SMILES string of the molecule is Cc1cc(C)cc(CN(c2ccc(CN)cc2)C(C)C)c1. The number of aryl methyl sites for hydroxylation is 2. The lowest BCUT2D eigenvalue weighted by atomic mass is 10.1. The molecule has 0 unspecified atom stereocenters. The van der Waals surface area contributed by atoms with Crippen LogP contribution in [0, 0.1) is 13.8 Å². The third-order valence-corrected chi connectivity index (χ3v) is 3.76. The van der Waals surface area contributed by atoms with Crippen molar-refractivity contribution in [1.82, 2.24) is 0 Å². The molecule has 0 atom stereocenters. The molecule has 2 aromatic carbocycles. The molecule has 0 aliphatic heterocycles. The molecule has 0 bridgehead atoms. The van der Waals surface area contributed by atoms with E-state index in [-0.39, 0.29) is 0 Å². The Labute approximate surface area is 128 Å². The second kappa shape index (κ2) is 6.77. The Morgan fingerprint density at radius 2 is 1.48 bits per heavy atom. The molecule has 2 rings (SSSR count). The summed E-state index contributed by atoms with van der Waals surface area (Å²) in [7, 11) is 0. The maximum absolute atomic E-state index is 5.68. The second-order valence-electron chi connectivity index (χ2n) is 6.09. The number of hydrogen-bond donors (Lipinski definition) is 1. The summed E-state index contributed by atoms with van der Waals surface area (Å²) < 4.78 is 0. The van der Waals surface area contributed by atoms with Gasteiger partial charge in [-0.1, -0.05) is 41.5 Å². The smallest absolute Gasteiger partial charge is 0.0432 e. The third kappa shape index (κ3) is 4.08. The first-order valence-electron chi connectivity index (χ1n) is 7.62. The normalized spacial score (nSPS) is 11.0. The number of rotatable bonds is 5. The first-order valence-corrected chi connectivity index (χ1v) is 7.62. The van der Waals surface area contributed by atoms with Crippen LogP contribution in [0.25, 0.3) is 0 Å². The molecule has 2 aromatic rings. The highest BCUT2D eigenvalue weighted by Crippen LogP contribution is 2.21. The summed E-state index contributed by atoms with van der Waals surface area (Å²) in [6, 6.07) is 15.8. The number of nitrogens with two attached hydrogens (primary N) is 1. The molecule has 0 spiro atoms. The van der Waals surface area contributed by atoms with E-state index in [9.17, 15) is 0 Å². The average Bonchev–Trinajstić information content (AvgIpc) is 2.43. The quantitative estimate of drug-likeness (QED) is 0.891. The van der Waals surface area contributed by atoms with Crippen LogP contribution in [0.3, 0.4) is 0 Å². The van der Waals surface area contributed by atoms with Gasteiger partial charge in [0.15, 0.2) is 0 Å². The van der Waals surface area contributed by atoms with E-state index in [1.165, 1.54) is 27.9 Å². The molecule has 0 saturated carbocycles. The van der Waals surface area contributed by atoms with Gasteiger partial charge in [0.1, 0.15) is 0 Å². The number of anilines is 1. The van der Waals surface area contributed by atoms with Gasteiger partial charge in [-0.05, 0) is 51.0 Å². The maximum Gasteiger partial charge on any atom is 0.0432 e. The fraction of sp³-hybridized carbons (Fsp3) is 0.368. The molecule has 112 valence electrons. The van der Waals surface area contributed by atoms with Crippen LogP contribution >= 0.6 is 0 Å². The first kappa shape index (κ1) is 15.6. The van der Waals surface area contributed by atoms with Gasteiger partial charge in [-0.15, -0.1) is 0 Å². The van der Waals surface area contributed by atoms with Crippen molar-refractivity contribution in [2.24, 2.45) is 5.73 Å². The minimum absolute atomic E-state index is 0.453. The van der Waals surface area contributed by atoms with Crippen molar-refractivity contribution in [3.8, 4) is 0 Å². The summed E-state index contributed by atoms with van der Waals surface area (Å²) >= 11 is 0. The molecule has 0 radical (unpaired) electrons. The Kier molecular flexibility index (Phi) is 5.03. The van der Waals surface area contributed by atoms with Crippen LogP contribution in [0.1, 0.15) is 36.1 Å². The molecule has 0 amide bonds. The lowest BCUT2D eigenvalue weighted by molar-refractivity contribution is 0.682. The molecule has 2 nitrogen and oxygen atoms in total. The zero-order valence-corrected chi connectivity index (χ0v) is 13.6. The van der Waals surface area contributed by atoms with Crippen LogP contribution in [-0.2, 0) is 13.1 Å². The minimum Gasteiger partial charge on any atom is -0.365 e. The van der Waals surface area contributed by atoms with E-state index in [0.717, 1.165) is 6.54 Å². The predicted octanol–water partition coefficient (Wildman–Crippen LogP) is 4.18. The van der Waals surface area contributed by atoms with Crippen LogP contribution in [-0.4, -0.2) is 6.04 Å². The van der Waals surface area contributed by atoms with Crippen molar-refractivity contribution in [2.75, 3.05) is 4.90 Å². The zero-order chi connectivity index (χ0) is 15.4. The standard InChI is InChI=1S/C19H26N2/c1-14(2)21(19-7-5-17(12-20)6-8-19)13-18-10-15(3)9-16(4)11-18/h5-11,14H,12-13,20H2,1-4H3. The van der Waals surface area contributed by atoms with E-state index >= 15 is 0 Å². The van der Waals surface area contributed by atoms with Crippen LogP contribution in [0.2, 0.25) is 0 Å². The van der Waals surface area contributed by atoms with Crippen molar-refractivity contribution in [3.63, 3.8) is 0 Å². The van der Waals surface area contributed by atoms with Crippen LogP contribution in [0.5, 0.6) is 0 Å². The molecule has 0 heterocycles. The highest BCUT2D eigenvalue weighted by Gasteiger charge is 2.11. The molecule has 2 heteroatoms. The van der Waals surface area contributed by atoms with Gasteiger partial charge in [-0.25, -0.2) is 0 Å². The maximum atomic E-state index is 5.68. The van der Waals surface area contributed by atoms with Crippen molar-refractivity contribution < 1.29 is 0 Å². The average molecular weight is 282 g/mol. The topological polar surface area (TPSA) is 29.3 Å². The lowest BCUT2D eigenvalue weighted by Gasteiger charge is -2.29. The summed E-state index contributed by atoms with van der Waals surface area (Å²) in [4.78, 5) is 2.43. The van der Waals surface area contributed by atoms with Crippen molar-refractivity contribution in [1.29, 1.82) is 0 Å². The van der Waals surface area contributed by atoms with E-state index < -0.39 is 0 Å². The van der Waals surface area contributed by atoms with Gasteiger partial charge in [0.25, 0.3) is 0 Å². The monoisotopic (exact) mass is 282 g/mol. The molecular weight excluding hydrogens is 256 g/mol. The van der Waals surface area contributed by atoms with E-state index in [1.54, 1.807) is 0 Å². The molecule has 0 aliphatic rings. The van der Waals surface area contributed by atoms with Crippen LogP contribution < -0.4 is 10.6 Å². The Balaban J connectivity index is 2.26. The van der Waals surface area contributed by atoms with Crippen LogP contribution in [0.4, 0.5) is 5.69 Å². The van der Waals surface area contributed by atoms with E-state index in [4.69, 9.17) is 5.73 Å². The molecule has 0 fully saturated rings.